The molecule has 25 heavy (non-hydrogen) atoms. The van der Waals surface area contributed by atoms with E-state index in [0.717, 1.165) is 4.40 Å². The molecule has 0 fully saturated rings. The van der Waals surface area contributed by atoms with Crippen molar-refractivity contribution in [3.05, 3.63) is 54.1 Å². The number of aromatic nitrogens is 2. The van der Waals surface area contributed by atoms with Crippen LogP contribution >= 0.6 is 0 Å². The van der Waals surface area contributed by atoms with Crippen LogP contribution < -0.4 is 5.32 Å². The van der Waals surface area contributed by atoms with Crippen LogP contribution in [0.4, 0.5) is 32.0 Å². The molecule has 3 rings (SSSR count). The number of imidazole rings is 1. The Kier molecular flexibility index (Phi) is 3.89. The van der Waals surface area contributed by atoms with Crippen LogP contribution in [-0.4, -0.2) is 15.7 Å². The predicted octanol–water partition coefficient (Wildman–Crippen LogP) is 5.26. The fourth-order valence-electron chi connectivity index (χ4n) is 2.52. The van der Waals surface area contributed by atoms with E-state index >= 15 is 0 Å². The average Bonchev–Trinajstić information content (AvgIpc) is 2.83. The summed E-state index contributed by atoms with van der Waals surface area (Å²) in [5.74, 6) is -1.04. The fraction of sp³-hybridized carbons (Fsp3) is 0.188. The van der Waals surface area contributed by atoms with Gasteiger partial charge in [0.2, 0.25) is 5.82 Å². The van der Waals surface area contributed by atoms with Crippen molar-refractivity contribution in [1.82, 2.24) is 9.38 Å². The zero-order valence-corrected chi connectivity index (χ0v) is 12.7. The van der Waals surface area contributed by atoms with E-state index in [1.165, 1.54) is 48.8 Å². The van der Waals surface area contributed by atoms with E-state index in [1.54, 1.807) is 6.07 Å². The highest BCUT2D eigenvalue weighted by atomic mass is 19.4. The molecule has 0 amide bonds. The first-order valence-electron chi connectivity index (χ1n) is 7.06. The van der Waals surface area contributed by atoms with E-state index in [4.69, 9.17) is 0 Å². The third-order valence-electron chi connectivity index (χ3n) is 3.58. The minimum atomic E-state index is -4.61. The van der Waals surface area contributed by atoms with Crippen molar-refractivity contribution < 1.29 is 26.3 Å². The summed E-state index contributed by atoms with van der Waals surface area (Å²) < 4.78 is 77.0. The first kappa shape index (κ1) is 17.1. The molecular weight excluding hydrogens is 348 g/mol. The Bertz CT molecular complexity index is 906. The Hall–Kier alpha value is -2.71. The molecule has 0 saturated heterocycles. The van der Waals surface area contributed by atoms with Gasteiger partial charge in [-0.05, 0) is 36.2 Å². The first-order chi connectivity index (χ1) is 11.5. The molecule has 132 valence electrons. The summed E-state index contributed by atoms with van der Waals surface area (Å²) in [4.78, 5) is 3.55. The van der Waals surface area contributed by atoms with Gasteiger partial charge < -0.3 is 0 Å². The normalized spacial score (nSPS) is 12.6. The van der Waals surface area contributed by atoms with E-state index in [2.05, 4.69) is 4.98 Å². The highest BCUT2D eigenvalue weighted by molar-refractivity contribution is 5.68. The molecule has 0 aliphatic rings. The van der Waals surface area contributed by atoms with E-state index in [1.807, 2.05) is 0 Å². The zero-order valence-electron chi connectivity index (χ0n) is 12.7. The van der Waals surface area contributed by atoms with Crippen molar-refractivity contribution in [2.45, 2.75) is 19.4 Å². The highest BCUT2D eigenvalue weighted by Gasteiger charge is 2.36. The summed E-state index contributed by atoms with van der Waals surface area (Å²) in [6.07, 6.45) is -7.91. The maximum Gasteiger partial charge on any atom is 0.482 e. The molecule has 2 heterocycles. The number of benzene rings is 1. The number of alkyl halides is 6. The second-order valence-electron chi connectivity index (χ2n) is 5.39. The number of nitrogens with one attached hydrogen (secondary N) is 1. The first-order valence-corrected chi connectivity index (χ1v) is 7.06. The van der Waals surface area contributed by atoms with Crippen LogP contribution in [0, 0.1) is 6.92 Å². The third-order valence-corrected chi connectivity index (χ3v) is 3.58. The van der Waals surface area contributed by atoms with Crippen LogP contribution in [-0.2, 0) is 6.18 Å². The molecule has 1 aromatic carbocycles. The number of hydrogen-bond acceptors (Lipinski definition) is 2. The van der Waals surface area contributed by atoms with Gasteiger partial charge in [-0.25, -0.2) is 4.98 Å². The number of fused-ring (bicyclic) bond motifs is 1. The van der Waals surface area contributed by atoms with Gasteiger partial charge in [-0.3, -0.25) is 9.72 Å². The predicted molar refractivity (Wildman–Crippen MR) is 80.0 cm³/mol. The SMILES string of the molecule is Cc1nc(C(F)(F)F)n2cc(-c3ccc(NC(F)(F)F)cc3)ccc12. The van der Waals surface area contributed by atoms with Gasteiger partial charge in [0, 0.05) is 11.9 Å². The molecule has 0 aliphatic carbocycles. The summed E-state index contributed by atoms with van der Waals surface area (Å²) in [5, 5.41) is 1.36. The van der Waals surface area contributed by atoms with E-state index in [-0.39, 0.29) is 11.4 Å². The van der Waals surface area contributed by atoms with Gasteiger partial charge in [-0.1, -0.05) is 18.2 Å². The number of hydrogen-bond donors (Lipinski definition) is 1. The summed E-state index contributed by atoms with van der Waals surface area (Å²) in [6, 6.07) is 8.29. The van der Waals surface area contributed by atoms with Crippen LogP contribution in [0.3, 0.4) is 0 Å². The van der Waals surface area contributed by atoms with Crippen molar-refractivity contribution in [2.75, 3.05) is 5.32 Å². The second kappa shape index (κ2) is 5.68. The van der Waals surface area contributed by atoms with Gasteiger partial charge in [0.25, 0.3) is 0 Å². The standard InChI is InChI=1S/C16H11F6N3/c1-9-13-7-4-11(8-25(13)14(23-9)15(17,18)19)10-2-5-12(6-3-10)24-16(20,21)22/h2-8,24H,1H3. The second-order valence-corrected chi connectivity index (χ2v) is 5.39. The lowest BCUT2D eigenvalue weighted by Crippen LogP contribution is -2.20. The number of halogens is 6. The number of nitrogens with zero attached hydrogens (tertiary/aromatic N) is 2. The van der Waals surface area contributed by atoms with Crippen LogP contribution in [0.25, 0.3) is 16.6 Å². The van der Waals surface area contributed by atoms with Gasteiger partial charge in [-0.15, -0.1) is 0 Å². The number of aryl methyl sites for hydroxylation is 1. The van der Waals surface area contributed by atoms with Crippen molar-refractivity contribution >= 4 is 11.2 Å². The zero-order chi connectivity index (χ0) is 18.4. The lowest BCUT2D eigenvalue weighted by Gasteiger charge is -2.11. The maximum atomic E-state index is 13.1. The largest absolute Gasteiger partial charge is 0.482 e. The Morgan fingerprint density at radius 3 is 2.04 bits per heavy atom. The average molecular weight is 359 g/mol. The topological polar surface area (TPSA) is 29.3 Å². The maximum absolute atomic E-state index is 13.1. The lowest BCUT2D eigenvalue weighted by atomic mass is 10.1. The summed E-state index contributed by atoms with van der Waals surface area (Å²) in [7, 11) is 0. The molecule has 0 radical (unpaired) electrons. The number of pyridine rings is 1. The van der Waals surface area contributed by atoms with Gasteiger partial charge in [0.05, 0.1) is 11.2 Å². The van der Waals surface area contributed by atoms with E-state index < -0.39 is 18.3 Å². The van der Waals surface area contributed by atoms with E-state index in [9.17, 15) is 26.3 Å². The molecule has 1 N–H and O–H groups in total. The van der Waals surface area contributed by atoms with Crippen LogP contribution in [0.1, 0.15) is 11.5 Å². The Morgan fingerprint density at radius 1 is 0.880 bits per heavy atom. The summed E-state index contributed by atoms with van der Waals surface area (Å²) >= 11 is 0. The van der Waals surface area contributed by atoms with Crippen molar-refractivity contribution in [2.24, 2.45) is 0 Å². The molecule has 0 saturated carbocycles. The van der Waals surface area contributed by atoms with Crippen molar-refractivity contribution in [1.29, 1.82) is 0 Å². The highest BCUT2D eigenvalue weighted by Crippen LogP contribution is 2.32. The monoisotopic (exact) mass is 359 g/mol. The Labute approximate surface area is 137 Å². The third kappa shape index (κ3) is 3.54. The summed E-state index contributed by atoms with van der Waals surface area (Å²) in [6.45, 7) is 1.47. The number of rotatable bonds is 2. The number of anilines is 1. The quantitative estimate of drug-likeness (QED) is 0.500. The van der Waals surface area contributed by atoms with Crippen molar-refractivity contribution in [3.8, 4) is 11.1 Å². The summed E-state index contributed by atoms with van der Waals surface area (Å²) in [5.41, 5.74) is 1.30. The molecule has 3 aromatic rings. The molecule has 2 aromatic heterocycles. The minimum Gasteiger partial charge on any atom is -0.298 e. The molecular formula is C16H11F6N3. The molecule has 0 unspecified atom stereocenters. The minimum absolute atomic E-state index is 0.160. The van der Waals surface area contributed by atoms with Crippen LogP contribution in [0.2, 0.25) is 0 Å². The molecule has 0 aliphatic heterocycles. The smallest absolute Gasteiger partial charge is 0.298 e. The Morgan fingerprint density at radius 2 is 1.48 bits per heavy atom. The van der Waals surface area contributed by atoms with Crippen LogP contribution in [0.5, 0.6) is 0 Å². The lowest BCUT2D eigenvalue weighted by molar-refractivity contribution is -0.145. The van der Waals surface area contributed by atoms with E-state index in [0.29, 0.717) is 16.6 Å². The Balaban J connectivity index is 2.02. The molecule has 0 spiro atoms. The fourth-order valence-corrected chi connectivity index (χ4v) is 2.52. The van der Waals surface area contributed by atoms with Gasteiger partial charge in [-0.2, -0.15) is 26.3 Å². The van der Waals surface area contributed by atoms with Gasteiger partial charge in [0.1, 0.15) is 0 Å². The molecule has 0 atom stereocenters. The van der Waals surface area contributed by atoms with Crippen LogP contribution in [0.15, 0.2) is 42.6 Å². The van der Waals surface area contributed by atoms with Gasteiger partial charge in [0.15, 0.2) is 0 Å². The molecule has 9 heteroatoms. The molecule has 3 nitrogen and oxygen atoms in total. The van der Waals surface area contributed by atoms with Gasteiger partial charge >= 0.3 is 12.5 Å². The molecule has 0 bridgehead atoms. The van der Waals surface area contributed by atoms with Crippen molar-refractivity contribution in [3.63, 3.8) is 0 Å².